The van der Waals surface area contributed by atoms with Gasteiger partial charge in [-0.25, -0.2) is 0 Å². The van der Waals surface area contributed by atoms with Crippen LogP contribution in [0.1, 0.15) is 12.8 Å². The molecule has 0 amide bonds. The first-order valence-electron chi connectivity index (χ1n) is 2.89. The number of ether oxygens (including phenoxy) is 2. The molecule has 0 atom stereocenters. The second-order valence-corrected chi connectivity index (χ2v) is 1.70. The molecule has 0 spiro atoms. The summed E-state index contributed by atoms with van der Waals surface area (Å²) in [7, 11) is 2.72. The molecule has 66 valence electrons. The minimum absolute atomic E-state index is 0. The molecule has 0 rings (SSSR count). The van der Waals surface area contributed by atoms with Crippen LogP contribution in [0.3, 0.4) is 0 Å². The summed E-state index contributed by atoms with van der Waals surface area (Å²) in [5, 5.41) is 6.98. The van der Waals surface area contributed by atoms with E-state index in [-0.39, 0.29) is 30.7 Å². The summed E-state index contributed by atoms with van der Waals surface area (Å²) >= 11 is 0. The lowest BCUT2D eigenvalue weighted by Crippen LogP contribution is -2.05. The Kier molecular flexibility index (Phi) is 8.58. The molecule has 0 fully saturated rings. The Morgan fingerprint density at radius 2 is 1.82 bits per heavy atom. The van der Waals surface area contributed by atoms with E-state index in [0.29, 0.717) is 6.42 Å². The first kappa shape index (κ1) is 12.9. The monoisotopic (exact) mass is 181 g/mol. The van der Waals surface area contributed by atoms with Gasteiger partial charge in [0.2, 0.25) is 0 Å². The average molecular weight is 182 g/mol. The van der Waals surface area contributed by atoms with Crippen molar-refractivity contribution in [1.29, 1.82) is 5.41 Å². The predicted octanol–water partition coefficient (Wildman–Crippen LogP) is 0.985. The van der Waals surface area contributed by atoms with Crippen LogP contribution in [0.2, 0.25) is 0 Å². The van der Waals surface area contributed by atoms with E-state index >= 15 is 0 Å². The maximum Gasteiger partial charge on any atom is 0.306 e. The van der Waals surface area contributed by atoms with Gasteiger partial charge in [0.15, 0.2) is 5.90 Å². The number of esters is 1. The number of carbonyl (C=O) groups excluding carboxylic acids is 1. The Morgan fingerprint density at radius 3 is 2.18 bits per heavy atom. The molecular formula is C6H12ClNO3. The zero-order chi connectivity index (χ0) is 7.98. The number of rotatable bonds is 3. The smallest absolute Gasteiger partial charge is 0.306 e. The topological polar surface area (TPSA) is 59.4 Å². The quantitative estimate of drug-likeness (QED) is 0.401. The van der Waals surface area contributed by atoms with Crippen LogP contribution in [-0.4, -0.2) is 26.1 Å². The van der Waals surface area contributed by atoms with Gasteiger partial charge in [0.25, 0.3) is 0 Å². The molecule has 1 N–H and O–H groups in total. The van der Waals surface area contributed by atoms with Gasteiger partial charge >= 0.3 is 5.97 Å². The molecule has 0 aromatic rings. The van der Waals surface area contributed by atoms with Gasteiger partial charge < -0.3 is 9.47 Å². The number of carbonyl (C=O) groups is 1. The summed E-state index contributed by atoms with van der Waals surface area (Å²) in [6, 6.07) is 0. The van der Waals surface area contributed by atoms with Crippen molar-refractivity contribution in [3.63, 3.8) is 0 Å². The third-order valence-corrected chi connectivity index (χ3v) is 1.03. The molecule has 0 aliphatic heterocycles. The highest BCUT2D eigenvalue weighted by molar-refractivity contribution is 5.85. The highest BCUT2D eigenvalue weighted by Crippen LogP contribution is 1.93. The summed E-state index contributed by atoms with van der Waals surface area (Å²) in [6.45, 7) is 0. The second-order valence-electron chi connectivity index (χ2n) is 1.70. The summed E-state index contributed by atoms with van der Waals surface area (Å²) in [5.41, 5.74) is 0. The van der Waals surface area contributed by atoms with E-state index in [1.807, 2.05) is 0 Å². The lowest BCUT2D eigenvalue weighted by Gasteiger charge is -1.99. The van der Waals surface area contributed by atoms with Crippen molar-refractivity contribution in [1.82, 2.24) is 0 Å². The third kappa shape index (κ3) is 7.12. The van der Waals surface area contributed by atoms with Gasteiger partial charge in [-0.1, -0.05) is 0 Å². The van der Waals surface area contributed by atoms with E-state index < -0.39 is 0 Å². The molecule has 0 heterocycles. The summed E-state index contributed by atoms with van der Waals surface area (Å²) < 4.78 is 8.87. The Labute approximate surface area is 71.8 Å². The SMILES string of the molecule is COC(=N)CCC(=O)OC.Cl. The van der Waals surface area contributed by atoms with E-state index in [1.165, 1.54) is 14.2 Å². The van der Waals surface area contributed by atoms with Crippen LogP contribution in [0.4, 0.5) is 0 Å². The Morgan fingerprint density at radius 1 is 1.27 bits per heavy atom. The molecule has 0 radical (unpaired) electrons. The normalized spacial score (nSPS) is 7.82. The predicted molar refractivity (Wildman–Crippen MR) is 43.2 cm³/mol. The van der Waals surface area contributed by atoms with Crippen molar-refractivity contribution < 1.29 is 14.3 Å². The van der Waals surface area contributed by atoms with Crippen LogP contribution in [0.15, 0.2) is 0 Å². The molecule has 0 unspecified atom stereocenters. The van der Waals surface area contributed by atoms with Crippen molar-refractivity contribution in [3.8, 4) is 0 Å². The largest absolute Gasteiger partial charge is 0.484 e. The first-order valence-corrected chi connectivity index (χ1v) is 2.89. The van der Waals surface area contributed by atoms with Gasteiger partial charge in [-0.05, 0) is 0 Å². The number of methoxy groups -OCH3 is 2. The van der Waals surface area contributed by atoms with Gasteiger partial charge in [-0.3, -0.25) is 10.2 Å². The van der Waals surface area contributed by atoms with E-state index in [1.54, 1.807) is 0 Å². The Hall–Kier alpha value is -0.770. The third-order valence-electron chi connectivity index (χ3n) is 1.03. The minimum atomic E-state index is -0.318. The van der Waals surface area contributed by atoms with Gasteiger partial charge in [0.05, 0.1) is 20.6 Å². The molecule has 4 nitrogen and oxygen atoms in total. The summed E-state index contributed by atoms with van der Waals surface area (Å²) in [4.78, 5) is 10.5. The summed E-state index contributed by atoms with van der Waals surface area (Å²) in [6.07, 6.45) is 0.520. The number of hydrogen-bond acceptors (Lipinski definition) is 4. The number of nitrogens with one attached hydrogen (secondary N) is 1. The molecule has 0 saturated heterocycles. The van der Waals surface area contributed by atoms with Crippen molar-refractivity contribution in [2.75, 3.05) is 14.2 Å². The van der Waals surface area contributed by atoms with Crippen molar-refractivity contribution in [3.05, 3.63) is 0 Å². The molecule has 0 aromatic heterocycles. The van der Waals surface area contributed by atoms with E-state index in [2.05, 4.69) is 9.47 Å². The van der Waals surface area contributed by atoms with Crippen LogP contribution in [0, 0.1) is 5.41 Å². The highest BCUT2D eigenvalue weighted by Gasteiger charge is 2.02. The van der Waals surface area contributed by atoms with Crippen molar-refractivity contribution >= 4 is 24.3 Å². The maximum absolute atomic E-state index is 10.5. The number of hydrogen-bond donors (Lipinski definition) is 1. The highest BCUT2D eigenvalue weighted by atomic mass is 35.5. The summed E-state index contributed by atoms with van der Waals surface area (Å²) in [5.74, 6) is -0.216. The molecule has 5 heteroatoms. The van der Waals surface area contributed by atoms with Crippen LogP contribution < -0.4 is 0 Å². The molecule has 0 bridgehead atoms. The van der Waals surface area contributed by atoms with Gasteiger partial charge in [0.1, 0.15) is 0 Å². The van der Waals surface area contributed by atoms with Crippen molar-refractivity contribution in [2.45, 2.75) is 12.8 Å². The molecular weight excluding hydrogens is 170 g/mol. The number of halogens is 1. The van der Waals surface area contributed by atoms with Gasteiger partial charge in [0, 0.05) is 6.42 Å². The van der Waals surface area contributed by atoms with Crippen LogP contribution in [0.25, 0.3) is 0 Å². The molecule has 0 aromatic carbocycles. The fourth-order valence-corrected chi connectivity index (χ4v) is 0.420. The van der Waals surface area contributed by atoms with E-state index in [0.717, 1.165) is 0 Å². The van der Waals surface area contributed by atoms with E-state index in [9.17, 15) is 4.79 Å². The Balaban J connectivity index is 0. The lowest BCUT2D eigenvalue weighted by atomic mass is 10.3. The van der Waals surface area contributed by atoms with Crippen LogP contribution in [0.5, 0.6) is 0 Å². The standard InChI is InChI=1S/C6H11NO3.ClH/c1-9-5(7)3-4-6(8)10-2;/h7H,3-4H2,1-2H3;1H. The maximum atomic E-state index is 10.5. The zero-order valence-electron chi connectivity index (χ0n) is 6.55. The fraction of sp³-hybridized carbons (Fsp3) is 0.667. The van der Waals surface area contributed by atoms with Gasteiger partial charge in [-0.2, -0.15) is 0 Å². The molecule has 0 aliphatic rings. The van der Waals surface area contributed by atoms with Crippen LogP contribution >= 0.6 is 12.4 Å². The molecule has 0 saturated carbocycles. The molecule has 11 heavy (non-hydrogen) atoms. The Bertz CT molecular complexity index is 122. The van der Waals surface area contributed by atoms with Crippen LogP contribution in [-0.2, 0) is 14.3 Å². The minimum Gasteiger partial charge on any atom is -0.484 e. The second kappa shape index (κ2) is 7.34. The first-order chi connectivity index (χ1) is 4.70. The fourth-order valence-electron chi connectivity index (χ4n) is 0.420. The average Bonchev–Trinajstić information content (AvgIpc) is 1.99. The van der Waals surface area contributed by atoms with Crippen molar-refractivity contribution in [2.24, 2.45) is 0 Å². The molecule has 0 aliphatic carbocycles. The zero-order valence-corrected chi connectivity index (χ0v) is 7.36. The van der Waals surface area contributed by atoms with Gasteiger partial charge in [-0.15, -0.1) is 12.4 Å². The van der Waals surface area contributed by atoms with E-state index in [4.69, 9.17) is 5.41 Å². The lowest BCUT2D eigenvalue weighted by molar-refractivity contribution is -0.140.